The van der Waals surface area contributed by atoms with Crippen molar-refractivity contribution in [3.05, 3.63) is 84.3 Å². The number of benzene rings is 2. The molecular formula is C21H21Cl2NS2. The summed E-state index contributed by atoms with van der Waals surface area (Å²) in [6.07, 6.45) is 0.794. The molecule has 1 aromatic heterocycles. The van der Waals surface area contributed by atoms with Crippen molar-refractivity contribution in [2.24, 2.45) is 0 Å². The summed E-state index contributed by atoms with van der Waals surface area (Å²) in [5.74, 6) is 1.96. The van der Waals surface area contributed by atoms with Crippen molar-refractivity contribution in [2.45, 2.75) is 38.7 Å². The molecule has 0 unspecified atom stereocenters. The predicted octanol–water partition coefficient (Wildman–Crippen LogP) is 7.40. The highest BCUT2D eigenvalue weighted by Crippen LogP contribution is 2.27. The number of hydrogen-bond acceptors (Lipinski definition) is 3. The van der Waals surface area contributed by atoms with Gasteiger partial charge in [0.25, 0.3) is 0 Å². The molecule has 0 aliphatic carbocycles. The zero-order chi connectivity index (χ0) is 18.7. The highest BCUT2D eigenvalue weighted by molar-refractivity contribution is 7.97. The Morgan fingerprint density at radius 3 is 2.38 bits per heavy atom. The summed E-state index contributed by atoms with van der Waals surface area (Å²) < 4.78 is 0. The van der Waals surface area contributed by atoms with E-state index >= 15 is 0 Å². The molecule has 136 valence electrons. The van der Waals surface area contributed by atoms with Crippen molar-refractivity contribution in [2.75, 3.05) is 0 Å². The van der Waals surface area contributed by atoms with E-state index in [1.807, 2.05) is 30.0 Å². The Kier molecular flexibility index (Phi) is 6.68. The summed E-state index contributed by atoms with van der Waals surface area (Å²) in [5, 5.41) is 4.46. The third-order valence-electron chi connectivity index (χ3n) is 4.28. The summed E-state index contributed by atoms with van der Waals surface area (Å²) in [7, 11) is 0. The van der Waals surface area contributed by atoms with E-state index in [0.717, 1.165) is 34.2 Å². The van der Waals surface area contributed by atoms with Gasteiger partial charge in [0, 0.05) is 23.3 Å². The molecule has 0 saturated carbocycles. The van der Waals surface area contributed by atoms with E-state index in [9.17, 15) is 0 Å². The van der Waals surface area contributed by atoms with E-state index in [0.29, 0.717) is 10.0 Å². The lowest BCUT2D eigenvalue weighted by Gasteiger charge is -2.10. The minimum Gasteiger partial charge on any atom is -0.245 e. The summed E-state index contributed by atoms with van der Waals surface area (Å²) in [5.41, 5.74) is 7.84. The molecule has 2 aromatic carbocycles. The molecule has 0 fully saturated rings. The van der Waals surface area contributed by atoms with Crippen LogP contribution in [0.3, 0.4) is 0 Å². The van der Waals surface area contributed by atoms with Crippen LogP contribution in [0.2, 0.25) is 10.0 Å². The molecule has 0 aliphatic rings. The van der Waals surface area contributed by atoms with Crippen LogP contribution < -0.4 is 0 Å². The molecule has 0 aliphatic heterocycles. The third-order valence-corrected chi connectivity index (χ3v) is 6.90. The minimum atomic E-state index is 0.591. The van der Waals surface area contributed by atoms with Gasteiger partial charge in [0.05, 0.1) is 20.7 Å². The largest absolute Gasteiger partial charge is 0.245 e. The van der Waals surface area contributed by atoms with E-state index in [4.69, 9.17) is 28.2 Å². The number of halogens is 2. The maximum atomic E-state index is 6.09. The first-order valence-electron chi connectivity index (χ1n) is 8.44. The molecule has 0 spiro atoms. The molecule has 0 atom stereocenters. The molecule has 0 saturated heterocycles. The summed E-state index contributed by atoms with van der Waals surface area (Å²) in [6, 6.07) is 10.3. The van der Waals surface area contributed by atoms with Gasteiger partial charge in [-0.25, -0.2) is 4.98 Å². The Morgan fingerprint density at radius 1 is 0.962 bits per heavy atom. The molecular weight excluding hydrogens is 401 g/mol. The van der Waals surface area contributed by atoms with Crippen LogP contribution >= 0.6 is 46.3 Å². The molecule has 1 heterocycles. The number of hydrogen-bond donors (Lipinski definition) is 0. The monoisotopic (exact) mass is 421 g/mol. The standard InChI is InChI=1S/C21H21Cl2NS2/c1-13-6-14(2)18(15(3)7-13)12-25-10-17-11-26-21(24-17)9-16-4-5-19(22)20(23)8-16/h4-8,11H,9-10,12H2,1-3H3. The van der Waals surface area contributed by atoms with Gasteiger partial charge < -0.3 is 0 Å². The SMILES string of the molecule is Cc1cc(C)c(CSCc2csc(Cc3ccc(Cl)c(Cl)c3)n2)c(C)c1. The van der Waals surface area contributed by atoms with Gasteiger partial charge in [0.2, 0.25) is 0 Å². The van der Waals surface area contributed by atoms with Crippen LogP contribution in [0.5, 0.6) is 0 Å². The topological polar surface area (TPSA) is 12.9 Å². The van der Waals surface area contributed by atoms with Crippen molar-refractivity contribution in [3.8, 4) is 0 Å². The lowest BCUT2D eigenvalue weighted by Crippen LogP contribution is -1.94. The Bertz CT molecular complexity index is 895. The normalized spacial score (nSPS) is 11.1. The number of aromatic nitrogens is 1. The smallest absolute Gasteiger partial charge is 0.0972 e. The molecule has 0 N–H and O–H groups in total. The fraction of sp³-hybridized carbons (Fsp3) is 0.286. The van der Waals surface area contributed by atoms with Crippen molar-refractivity contribution >= 4 is 46.3 Å². The van der Waals surface area contributed by atoms with E-state index in [2.05, 4.69) is 38.3 Å². The summed E-state index contributed by atoms with van der Waals surface area (Å²) in [4.78, 5) is 4.77. The highest BCUT2D eigenvalue weighted by atomic mass is 35.5. The second-order valence-electron chi connectivity index (χ2n) is 6.53. The molecule has 1 nitrogen and oxygen atoms in total. The van der Waals surface area contributed by atoms with E-state index in [1.165, 1.54) is 22.3 Å². The summed E-state index contributed by atoms with van der Waals surface area (Å²) >= 11 is 15.7. The Labute approximate surface area is 173 Å². The van der Waals surface area contributed by atoms with Crippen LogP contribution in [0.1, 0.15) is 38.5 Å². The predicted molar refractivity (Wildman–Crippen MR) is 117 cm³/mol. The molecule has 0 bridgehead atoms. The second kappa shape index (κ2) is 8.79. The number of thiazole rings is 1. The Hall–Kier alpha value is -1.00. The average molecular weight is 422 g/mol. The quantitative estimate of drug-likeness (QED) is 0.410. The number of aryl methyl sites for hydroxylation is 3. The van der Waals surface area contributed by atoms with Crippen LogP contribution in [0.25, 0.3) is 0 Å². The number of nitrogens with zero attached hydrogens (tertiary/aromatic N) is 1. The van der Waals surface area contributed by atoms with Crippen molar-refractivity contribution < 1.29 is 0 Å². The third kappa shape index (κ3) is 5.04. The van der Waals surface area contributed by atoms with Crippen molar-refractivity contribution in [1.29, 1.82) is 0 Å². The minimum absolute atomic E-state index is 0.591. The molecule has 5 heteroatoms. The first-order valence-corrected chi connectivity index (χ1v) is 11.2. The van der Waals surface area contributed by atoms with Gasteiger partial charge in [-0.05, 0) is 55.2 Å². The maximum Gasteiger partial charge on any atom is 0.0972 e. The van der Waals surface area contributed by atoms with Crippen LogP contribution in [0.4, 0.5) is 0 Å². The van der Waals surface area contributed by atoms with Gasteiger partial charge in [-0.15, -0.1) is 11.3 Å². The molecule has 0 amide bonds. The first kappa shape index (κ1) is 19.8. The molecule has 26 heavy (non-hydrogen) atoms. The van der Waals surface area contributed by atoms with E-state index in [-0.39, 0.29) is 0 Å². The van der Waals surface area contributed by atoms with Crippen LogP contribution in [-0.2, 0) is 17.9 Å². The molecule has 0 radical (unpaired) electrons. The lowest BCUT2D eigenvalue weighted by atomic mass is 10.0. The van der Waals surface area contributed by atoms with Crippen molar-refractivity contribution in [3.63, 3.8) is 0 Å². The van der Waals surface area contributed by atoms with Gasteiger partial charge in [-0.1, -0.05) is 47.0 Å². The highest BCUT2D eigenvalue weighted by Gasteiger charge is 2.08. The summed E-state index contributed by atoms with van der Waals surface area (Å²) in [6.45, 7) is 6.56. The Morgan fingerprint density at radius 2 is 1.69 bits per heavy atom. The van der Waals surface area contributed by atoms with E-state index < -0.39 is 0 Å². The van der Waals surface area contributed by atoms with Gasteiger partial charge in [0.15, 0.2) is 0 Å². The van der Waals surface area contributed by atoms with Crippen molar-refractivity contribution in [1.82, 2.24) is 4.98 Å². The number of rotatable bonds is 6. The second-order valence-corrected chi connectivity index (χ2v) is 9.27. The molecule has 3 rings (SSSR count). The Balaban J connectivity index is 1.58. The van der Waals surface area contributed by atoms with Crippen LogP contribution in [0.15, 0.2) is 35.7 Å². The van der Waals surface area contributed by atoms with Crippen LogP contribution in [-0.4, -0.2) is 4.98 Å². The maximum absolute atomic E-state index is 6.09. The van der Waals surface area contributed by atoms with Gasteiger partial charge in [0.1, 0.15) is 0 Å². The van der Waals surface area contributed by atoms with E-state index in [1.54, 1.807) is 11.3 Å². The molecule has 3 aromatic rings. The van der Waals surface area contributed by atoms with Gasteiger partial charge in [-0.2, -0.15) is 11.8 Å². The average Bonchev–Trinajstić information content (AvgIpc) is 3.01. The van der Waals surface area contributed by atoms with Gasteiger partial charge >= 0.3 is 0 Å². The zero-order valence-electron chi connectivity index (χ0n) is 15.1. The van der Waals surface area contributed by atoms with Crippen LogP contribution in [0, 0.1) is 20.8 Å². The van der Waals surface area contributed by atoms with Gasteiger partial charge in [-0.3, -0.25) is 0 Å². The fourth-order valence-corrected chi connectivity index (χ4v) is 5.39. The zero-order valence-corrected chi connectivity index (χ0v) is 18.2. The fourth-order valence-electron chi connectivity index (χ4n) is 3.02. The first-order chi connectivity index (χ1) is 12.4. The lowest BCUT2D eigenvalue weighted by molar-refractivity contribution is 1.09. The number of thioether (sulfide) groups is 1.